The van der Waals surface area contributed by atoms with Crippen molar-refractivity contribution in [2.75, 3.05) is 51.5 Å². The molecule has 0 N–H and O–H groups in total. The molecule has 0 fully saturated rings. The molecule has 0 spiro atoms. The molecule has 238 valence electrons. The van der Waals surface area contributed by atoms with Gasteiger partial charge in [-0.3, -0.25) is 4.79 Å². The zero-order valence-corrected chi connectivity index (χ0v) is 25.5. The second-order valence-electron chi connectivity index (χ2n) is 11.2. The third kappa shape index (κ3) is 9.51. The number of hydrogen-bond donors (Lipinski definition) is 0. The van der Waals surface area contributed by atoms with Crippen molar-refractivity contribution in [3.8, 4) is 34.4 Å². The minimum atomic E-state index is -5.78. The molecule has 2 aromatic heterocycles. The van der Waals surface area contributed by atoms with Crippen LogP contribution in [0.2, 0.25) is 0 Å². The number of pyridine rings is 1. The highest BCUT2D eigenvalue weighted by molar-refractivity contribution is 8.32. The maximum absolute atomic E-state index is 13.5. The lowest BCUT2D eigenvalue weighted by molar-refractivity contribution is -0.290. The van der Waals surface area contributed by atoms with Crippen LogP contribution in [0.1, 0.15) is 13.8 Å². The molecule has 1 aromatic carbocycles. The van der Waals surface area contributed by atoms with Gasteiger partial charge in [-0.1, -0.05) is 24.3 Å². The lowest BCUT2D eigenvalue weighted by Crippen LogP contribution is -2.42. The number of halogens is 5. The van der Waals surface area contributed by atoms with Gasteiger partial charge in [-0.25, -0.2) is 15.0 Å². The van der Waals surface area contributed by atoms with E-state index in [2.05, 4.69) is 33.8 Å². The van der Waals surface area contributed by atoms with Gasteiger partial charge < -0.3 is 18.9 Å². The predicted molar refractivity (Wildman–Crippen MR) is 153 cm³/mol. The summed E-state index contributed by atoms with van der Waals surface area (Å²) in [7, 11) is 0.437. The van der Waals surface area contributed by atoms with E-state index in [1.54, 1.807) is 56.4 Å². The molecule has 3 rings (SSSR count). The monoisotopic (exact) mass is 634 g/mol. The van der Waals surface area contributed by atoms with Crippen molar-refractivity contribution in [3.63, 3.8) is 0 Å². The summed E-state index contributed by atoms with van der Waals surface area (Å²) in [5, 5.41) is 4.22. The van der Waals surface area contributed by atoms with Gasteiger partial charge in [0.1, 0.15) is 13.3 Å². The Hall–Kier alpha value is -3.46. The first kappa shape index (κ1) is 34.0. The highest BCUT2D eigenvalue weighted by Gasteiger charge is 2.58. The third-order valence-electron chi connectivity index (χ3n) is 6.02. The number of esters is 1. The van der Waals surface area contributed by atoms with E-state index in [0.717, 1.165) is 21.6 Å². The van der Waals surface area contributed by atoms with Gasteiger partial charge in [0.25, 0.3) is 0 Å². The second-order valence-corrected chi connectivity index (χ2v) is 15.8. The molecule has 9 nitrogen and oxygen atoms in total. The molecule has 0 atom stereocenters. The van der Waals surface area contributed by atoms with Crippen LogP contribution in [-0.4, -0.2) is 89.3 Å². The van der Waals surface area contributed by atoms with Crippen LogP contribution >= 0.6 is 10.0 Å². The second kappa shape index (κ2) is 13.5. The molecular formula is C28H35F5N4O5S. The highest BCUT2D eigenvalue weighted by Crippen LogP contribution is 2.36. The molecule has 2 heterocycles. The van der Waals surface area contributed by atoms with Gasteiger partial charge >= 0.3 is 24.1 Å². The largest absolute Gasteiger partial charge is 0.476 e. The van der Waals surface area contributed by atoms with Gasteiger partial charge in [0.15, 0.2) is 12.4 Å². The number of benzene rings is 1. The van der Waals surface area contributed by atoms with Crippen LogP contribution in [0.15, 0.2) is 42.6 Å². The Bertz CT molecular complexity index is 1360. The highest BCUT2D eigenvalue weighted by atomic mass is 32.3. The van der Waals surface area contributed by atoms with Crippen LogP contribution in [0.4, 0.5) is 22.0 Å². The topological polar surface area (TPSA) is 97.6 Å². The van der Waals surface area contributed by atoms with Crippen LogP contribution in [0, 0.1) is 5.41 Å². The molecule has 0 amide bonds. The van der Waals surface area contributed by atoms with E-state index in [4.69, 9.17) is 18.9 Å². The van der Waals surface area contributed by atoms with Crippen LogP contribution in [0.3, 0.4) is 0 Å². The molecule has 43 heavy (non-hydrogen) atoms. The van der Waals surface area contributed by atoms with Gasteiger partial charge in [-0.15, -0.1) is 5.10 Å². The fourth-order valence-corrected chi connectivity index (χ4v) is 3.99. The Morgan fingerprint density at radius 1 is 0.907 bits per heavy atom. The molecule has 15 heteroatoms. The number of rotatable bonds is 14. The van der Waals surface area contributed by atoms with Crippen molar-refractivity contribution in [2.45, 2.75) is 32.7 Å². The SMILES string of the molecule is COC(=O)C(C)(C)COc1ccc(-c2ccc(-c3nc(OCC(F)(F)C(F)(F)F)n(COCCS(C)(C)C)n3)cc2)cn1. The van der Waals surface area contributed by atoms with Crippen LogP contribution in [0.5, 0.6) is 11.9 Å². The van der Waals surface area contributed by atoms with E-state index >= 15 is 0 Å². The maximum atomic E-state index is 13.5. The summed E-state index contributed by atoms with van der Waals surface area (Å²) in [6, 6.07) is 9.72. The molecular weight excluding hydrogens is 599 g/mol. The first-order valence-corrected chi connectivity index (χ1v) is 16.0. The minimum Gasteiger partial charge on any atom is -0.476 e. The Morgan fingerprint density at radius 3 is 2.09 bits per heavy atom. The number of nitrogens with zero attached hydrogens (tertiary/aromatic N) is 4. The first-order chi connectivity index (χ1) is 19.9. The van der Waals surface area contributed by atoms with Gasteiger partial charge in [-0.05, 0) is 44.2 Å². The predicted octanol–water partition coefficient (Wildman–Crippen LogP) is 5.83. The van der Waals surface area contributed by atoms with Gasteiger partial charge in [0.05, 0.1) is 19.1 Å². The van der Waals surface area contributed by atoms with Crippen molar-refractivity contribution in [1.29, 1.82) is 0 Å². The lowest BCUT2D eigenvalue weighted by atomic mass is 9.95. The Labute approximate surface area is 248 Å². The quantitative estimate of drug-likeness (QED) is 0.124. The number of methoxy groups -OCH3 is 1. The average molecular weight is 635 g/mol. The summed E-state index contributed by atoms with van der Waals surface area (Å²) in [6.45, 7) is 1.60. The fourth-order valence-electron chi connectivity index (χ4n) is 3.38. The summed E-state index contributed by atoms with van der Waals surface area (Å²) in [5.74, 6) is -4.35. The van der Waals surface area contributed by atoms with Crippen molar-refractivity contribution >= 4 is 16.0 Å². The summed E-state index contributed by atoms with van der Waals surface area (Å²) in [4.78, 5) is 20.2. The number of alkyl halides is 5. The van der Waals surface area contributed by atoms with E-state index in [0.29, 0.717) is 18.1 Å². The molecule has 0 saturated carbocycles. The Kier molecular flexibility index (Phi) is 10.6. The molecule has 0 unspecified atom stereocenters. The fraction of sp³-hybridized carbons (Fsp3) is 0.500. The van der Waals surface area contributed by atoms with E-state index < -0.39 is 46.1 Å². The van der Waals surface area contributed by atoms with Gasteiger partial charge in [0, 0.05) is 29.1 Å². The maximum Gasteiger partial charge on any atom is 0.456 e. The van der Waals surface area contributed by atoms with E-state index in [1.165, 1.54) is 7.11 Å². The van der Waals surface area contributed by atoms with Crippen molar-refractivity contribution in [2.24, 2.45) is 5.41 Å². The van der Waals surface area contributed by atoms with E-state index in [-0.39, 0.29) is 19.2 Å². The lowest BCUT2D eigenvalue weighted by Gasteiger charge is -2.24. The Balaban J connectivity index is 1.74. The molecule has 0 saturated heterocycles. The molecule has 3 aromatic rings. The normalized spacial score (nSPS) is 13.1. The van der Waals surface area contributed by atoms with Crippen molar-refractivity contribution in [1.82, 2.24) is 19.7 Å². The van der Waals surface area contributed by atoms with Crippen molar-refractivity contribution in [3.05, 3.63) is 42.6 Å². The smallest absolute Gasteiger partial charge is 0.456 e. The molecule has 0 bridgehead atoms. The number of ether oxygens (including phenoxy) is 4. The van der Waals surface area contributed by atoms with E-state index in [1.807, 2.05) is 0 Å². The summed E-state index contributed by atoms with van der Waals surface area (Å²) in [6.07, 6.45) is 2.09. The van der Waals surface area contributed by atoms with Gasteiger partial charge in [0.2, 0.25) is 5.88 Å². The number of hydrogen-bond acceptors (Lipinski definition) is 8. The molecule has 0 radical (unpaired) electrons. The van der Waals surface area contributed by atoms with Crippen LogP contribution in [0.25, 0.3) is 22.5 Å². The summed E-state index contributed by atoms with van der Waals surface area (Å²) in [5.41, 5.74) is 1.13. The molecule has 0 aliphatic heterocycles. The number of carbonyl (C=O) groups is 1. The van der Waals surface area contributed by atoms with E-state index in [9.17, 15) is 26.7 Å². The molecule has 0 aliphatic carbocycles. The number of carbonyl (C=O) groups excluding carboxylic acids is 1. The zero-order valence-electron chi connectivity index (χ0n) is 24.7. The standard InChI is InChI=1S/C28H35F5N4O5S/c1-26(2,24(38)39-3)16-41-22-12-11-21(15-34-22)19-7-9-20(10-8-19)23-35-25(42-17-27(29,30)28(31,32)33)37(36-23)18-40-13-14-43(4,5)6/h7-12,15H,13-14,16-18H2,1-6H3. The Morgan fingerprint density at radius 2 is 1.53 bits per heavy atom. The average Bonchev–Trinajstić information content (AvgIpc) is 3.35. The minimum absolute atomic E-state index is 0.0528. The number of aromatic nitrogens is 4. The van der Waals surface area contributed by atoms with Crippen molar-refractivity contribution < 1.29 is 45.7 Å². The van der Waals surface area contributed by atoms with Crippen LogP contribution in [-0.2, 0) is 21.0 Å². The van der Waals surface area contributed by atoms with Gasteiger partial charge in [-0.2, -0.15) is 31.6 Å². The summed E-state index contributed by atoms with van der Waals surface area (Å²) < 4.78 is 86.8. The summed E-state index contributed by atoms with van der Waals surface area (Å²) >= 11 is 0. The molecule has 0 aliphatic rings. The third-order valence-corrected chi connectivity index (χ3v) is 7.41. The van der Waals surface area contributed by atoms with Crippen LogP contribution < -0.4 is 9.47 Å². The zero-order chi connectivity index (χ0) is 32.1. The first-order valence-electron chi connectivity index (χ1n) is 13.0.